The quantitative estimate of drug-likeness (QED) is 0.831. The van der Waals surface area contributed by atoms with Crippen LogP contribution in [0.2, 0.25) is 0 Å². The zero-order chi connectivity index (χ0) is 18.5. The van der Waals surface area contributed by atoms with E-state index in [0.29, 0.717) is 18.0 Å². The van der Waals surface area contributed by atoms with E-state index in [-0.39, 0.29) is 5.91 Å². The third-order valence-corrected chi connectivity index (χ3v) is 5.26. The Morgan fingerprint density at radius 1 is 1.27 bits per heavy atom. The van der Waals surface area contributed by atoms with Gasteiger partial charge in [0.25, 0.3) is 5.91 Å². The van der Waals surface area contributed by atoms with Gasteiger partial charge in [0, 0.05) is 32.4 Å². The molecule has 1 atom stereocenters. The predicted octanol–water partition coefficient (Wildman–Crippen LogP) is 3.13. The van der Waals surface area contributed by atoms with E-state index in [1.807, 2.05) is 17.8 Å². The number of rotatable bonds is 7. The Bertz CT molecular complexity index is 752. The summed E-state index contributed by atoms with van der Waals surface area (Å²) >= 11 is 0. The molecule has 0 saturated carbocycles. The van der Waals surface area contributed by atoms with Crippen molar-refractivity contribution in [3.8, 4) is 0 Å². The first-order valence-corrected chi connectivity index (χ1v) is 9.68. The molecular formula is C21H30N4O. The standard InChI is InChI=1S/C21H30N4O/c1-4-11-25-15-20(17(3)23-25)21(26)22-10-13-24-12-9-18(14-24)19-8-6-5-7-16(19)2/h5-8,15,18H,4,9-14H2,1-3H3,(H,22,26). The number of likely N-dealkylation sites (tertiary alicyclic amines) is 1. The minimum atomic E-state index is -0.0143. The molecule has 0 aliphatic carbocycles. The Morgan fingerprint density at radius 3 is 2.85 bits per heavy atom. The van der Waals surface area contributed by atoms with E-state index in [2.05, 4.69) is 53.4 Å². The zero-order valence-corrected chi connectivity index (χ0v) is 16.2. The molecule has 2 aromatic rings. The SMILES string of the molecule is CCCn1cc(C(=O)NCCN2CCC(c3ccccc3C)C2)c(C)n1. The molecule has 1 N–H and O–H groups in total. The Balaban J connectivity index is 1.47. The van der Waals surface area contributed by atoms with Crippen molar-refractivity contribution in [3.05, 3.63) is 52.8 Å². The number of nitrogens with zero attached hydrogens (tertiary/aromatic N) is 3. The van der Waals surface area contributed by atoms with Gasteiger partial charge < -0.3 is 10.2 Å². The molecule has 2 heterocycles. The van der Waals surface area contributed by atoms with Gasteiger partial charge in [-0.2, -0.15) is 5.10 Å². The van der Waals surface area contributed by atoms with Gasteiger partial charge in [0.05, 0.1) is 11.3 Å². The number of carbonyl (C=O) groups is 1. The minimum absolute atomic E-state index is 0.0143. The maximum Gasteiger partial charge on any atom is 0.254 e. The molecule has 1 aliphatic rings. The molecule has 5 heteroatoms. The molecule has 1 aromatic carbocycles. The topological polar surface area (TPSA) is 50.2 Å². The summed E-state index contributed by atoms with van der Waals surface area (Å²) in [6.45, 7) is 10.8. The van der Waals surface area contributed by atoms with Crippen LogP contribution in [0.5, 0.6) is 0 Å². The number of hydrogen-bond donors (Lipinski definition) is 1. The fourth-order valence-electron chi connectivity index (χ4n) is 3.84. The molecule has 3 rings (SSSR count). The molecule has 1 aromatic heterocycles. The number of hydrogen-bond acceptors (Lipinski definition) is 3. The van der Waals surface area contributed by atoms with Crippen molar-refractivity contribution >= 4 is 5.91 Å². The first-order valence-electron chi connectivity index (χ1n) is 9.68. The minimum Gasteiger partial charge on any atom is -0.351 e. The van der Waals surface area contributed by atoms with Crippen LogP contribution in [0.25, 0.3) is 0 Å². The van der Waals surface area contributed by atoms with Crippen LogP contribution in [0.4, 0.5) is 0 Å². The highest BCUT2D eigenvalue weighted by atomic mass is 16.1. The van der Waals surface area contributed by atoms with Crippen molar-refractivity contribution in [1.29, 1.82) is 0 Å². The highest BCUT2D eigenvalue weighted by Crippen LogP contribution is 2.28. The van der Waals surface area contributed by atoms with Crippen LogP contribution in [0.15, 0.2) is 30.5 Å². The van der Waals surface area contributed by atoms with E-state index in [4.69, 9.17) is 0 Å². The lowest BCUT2D eigenvalue weighted by atomic mass is 9.94. The second kappa shape index (κ2) is 8.49. The van der Waals surface area contributed by atoms with Gasteiger partial charge in [0.2, 0.25) is 0 Å². The first kappa shape index (κ1) is 18.6. The summed E-state index contributed by atoms with van der Waals surface area (Å²) < 4.78 is 1.86. The van der Waals surface area contributed by atoms with Crippen LogP contribution in [0.1, 0.15) is 52.9 Å². The van der Waals surface area contributed by atoms with Gasteiger partial charge in [-0.1, -0.05) is 31.2 Å². The van der Waals surface area contributed by atoms with Crippen LogP contribution in [-0.4, -0.2) is 46.8 Å². The second-order valence-electron chi connectivity index (χ2n) is 7.29. The summed E-state index contributed by atoms with van der Waals surface area (Å²) in [5.41, 5.74) is 4.35. The third-order valence-electron chi connectivity index (χ3n) is 5.26. The molecule has 0 radical (unpaired) electrons. The Kier molecular flexibility index (Phi) is 6.09. The van der Waals surface area contributed by atoms with Gasteiger partial charge in [-0.15, -0.1) is 0 Å². The second-order valence-corrected chi connectivity index (χ2v) is 7.29. The van der Waals surface area contributed by atoms with Crippen molar-refractivity contribution in [2.24, 2.45) is 0 Å². The Morgan fingerprint density at radius 2 is 2.08 bits per heavy atom. The average Bonchev–Trinajstić information content (AvgIpc) is 3.22. The fourth-order valence-corrected chi connectivity index (χ4v) is 3.84. The molecule has 1 amide bonds. The van der Waals surface area contributed by atoms with Crippen molar-refractivity contribution < 1.29 is 4.79 Å². The zero-order valence-electron chi connectivity index (χ0n) is 16.2. The molecule has 140 valence electrons. The van der Waals surface area contributed by atoms with Crippen LogP contribution < -0.4 is 5.32 Å². The van der Waals surface area contributed by atoms with Gasteiger partial charge in [-0.05, 0) is 50.3 Å². The van der Waals surface area contributed by atoms with E-state index in [1.165, 1.54) is 17.5 Å². The summed E-state index contributed by atoms with van der Waals surface area (Å²) in [6.07, 6.45) is 4.07. The number of nitrogens with one attached hydrogen (secondary N) is 1. The molecule has 5 nitrogen and oxygen atoms in total. The lowest BCUT2D eigenvalue weighted by molar-refractivity contribution is 0.0949. The summed E-state index contributed by atoms with van der Waals surface area (Å²) in [4.78, 5) is 14.9. The number of benzene rings is 1. The lowest BCUT2D eigenvalue weighted by Crippen LogP contribution is -2.34. The summed E-state index contributed by atoms with van der Waals surface area (Å²) in [7, 11) is 0. The number of amides is 1. The molecule has 1 aliphatic heterocycles. The van der Waals surface area contributed by atoms with Crippen LogP contribution in [-0.2, 0) is 6.54 Å². The van der Waals surface area contributed by atoms with E-state index in [1.54, 1.807) is 0 Å². The van der Waals surface area contributed by atoms with E-state index in [0.717, 1.165) is 38.3 Å². The third kappa shape index (κ3) is 4.33. The largest absolute Gasteiger partial charge is 0.351 e. The van der Waals surface area contributed by atoms with E-state index >= 15 is 0 Å². The van der Waals surface area contributed by atoms with E-state index < -0.39 is 0 Å². The first-order chi connectivity index (χ1) is 12.6. The van der Waals surface area contributed by atoms with Crippen LogP contribution in [0, 0.1) is 13.8 Å². The van der Waals surface area contributed by atoms with Crippen molar-refractivity contribution in [3.63, 3.8) is 0 Å². The molecule has 1 unspecified atom stereocenters. The Labute approximate surface area is 156 Å². The molecule has 26 heavy (non-hydrogen) atoms. The normalized spacial score (nSPS) is 17.6. The summed E-state index contributed by atoms with van der Waals surface area (Å²) in [5, 5.41) is 7.46. The number of carbonyl (C=O) groups excluding carboxylic acids is 1. The molecule has 1 fully saturated rings. The summed E-state index contributed by atoms with van der Waals surface area (Å²) in [5.74, 6) is 0.598. The highest BCUT2D eigenvalue weighted by Gasteiger charge is 2.24. The Hall–Kier alpha value is -2.14. The van der Waals surface area contributed by atoms with Gasteiger partial charge in [0.15, 0.2) is 0 Å². The number of aromatic nitrogens is 2. The van der Waals surface area contributed by atoms with Crippen molar-refractivity contribution in [2.75, 3.05) is 26.2 Å². The van der Waals surface area contributed by atoms with Crippen molar-refractivity contribution in [1.82, 2.24) is 20.0 Å². The molecular weight excluding hydrogens is 324 g/mol. The maximum absolute atomic E-state index is 12.4. The van der Waals surface area contributed by atoms with Crippen LogP contribution in [0.3, 0.4) is 0 Å². The monoisotopic (exact) mass is 354 g/mol. The van der Waals surface area contributed by atoms with Gasteiger partial charge >= 0.3 is 0 Å². The lowest BCUT2D eigenvalue weighted by Gasteiger charge is -2.17. The number of aryl methyl sites for hydroxylation is 3. The molecule has 1 saturated heterocycles. The highest BCUT2D eigenvalue weighted by molar-refractivity contribution is 5.94. The van der Waals surface area contributed by atoms with Gasteiger partial charge in [-0.3, -0.25) is 9.48 Å². The smallest absolute Gasteiger partial charge is 0.254 e. The average molecular weight is 354 g/mol. The summed E-state index contributed by atoms with van der Waals surface area (Å²) in [6, 6.07) is 8.68. The van der Waals surface area contributed by atoms with Gasteiger partial charge in [0.1, 0.15) is 0 Å². The molecule has 0 spiro atoms. The van der Waals surface area contributed by atoms with Crippen LogP contribution >= 0.6 is 0 Å². The fraction of sp³-hybridized carbons (Fsp3) is 0.524. The van der Waals surface area contributed by atoms with Gasteiger partial charge in [-0.25, -0.2) is 0 Å². The molecule has 0 bridgehead atoms. The van der Waals surface area contributed by atoms with Crippen molar-refractivity contribution in [2.45, 2.75) is 46.1 Å². The maximum atomic E-state index is 12.4. The van der Waals surface area contributed by atoms with E-state index in [9.17, 15) is 4.79 Å². The predicted molar refractivity (Wildman–Crippen MR) is 105 cm³/mol.